The Morgan fingerprint density at radius 2 is 1.90 bits per heavy atom. The van der Waals surface area contributed by atoms with Crippen molar-refractivity contribution in [1.29, 1.82) is 0 Å². The Labute approximate surface area is 121 Å². The number of hydrogen-bond donors (Lipinski definition) is 1. The number of ether oxygens (including phenoxy) is 1. The fraction of sp³-hybridized carbons (Fsp3) is 0.0667. The number of hydrogen-bond acceptors (Lipinski definition) is 4. The molecule has 1 aliphatic heterocycles. The number of halogens is 1. The number of rotatable bonds is 3. The molecule has 3 rings (SSSR count). The van der Waals surface area contributed by atoms with Gasteiger partial charge in [-0.2, -0.15) is 0 Å². The maximum atomic E-state index is 13.0. The minimum absolute atomic E-state index is 0.0308. The molecule has 0 spiro atoms. The molecular weight excluding hydrogens is 295 g/mol. The fourth-order valence-corrected chi connectivity index (χ4v) is 3.60. The number of benzene rings is 2. The lowest BCUT2D eigenvalue weighted by molar-refractivity contribution is 0.357. The van der Waals surface area contributed by atoms with Gasteiger partial charge in [-0.05, 0) is 30.3 Å². The standard InChI is InChI=1S/C15H11FO4S/c16-10-3-1-4-11(7-10)20-9-12-8-13-14(17)5-2-6-15(13)21(12,18)19/h1-8,17H,9H2. The van der Waals surface area contributed by atoms with Crippen molar-refractivity contribution in [3.8, 4) is 11.5 Å². The molecule has 2 aromatic carbocycles. The van der Waals surface area contributed by atoms with Crippen molar-refractivity contribution < 1.29 is 22.7 Å². The molecule has 21 heavy (non-hydrogen) atoms. The molecule has 1 heterocycles. The van der Waals surface area contributed by atoms with Crippen LogP contribution >= 0.6 is 0 Å². The lowest BCUT2D eigenvalue weighted by atomic mass is 10.2. The first-order valence-corrected chi connectivity index (χ1v) is 7.63. The topological polar surface area (TPSA) is 63.6 Å². The summed E-state index contributed by atoms with van der Waals surface area (Å²) in [5, 5.41) is 9.70. The van der Waals surface area contributed by atoms with Crippen molar-refractivity contribution in [3.63, 3.8) is 0 Å². The molecule has 0 saturated heterocycles. The molecule has 0 saturated carbocycles. The highest BCUT2D eigenvalue weighted by molar-refractivity contribution is 7.95. The van der Waals surface area contributed by atoms with E-state index >= 15 is 0 Å². The summed E-state index contributed by atoms with van der Waals surface area (Å²) in [6, 6.07) is 9.77. The third-order valence-electron chi connectivity index (χ3n) is 3.16. The van der Waals surface area contributed by atoms with Crippen LogP contribution in [0.2, 0.25) is 0 Å². The first-order chi connectivity index (χ1) is 9.98. The van der Waals surface area contributed by atoms with Crippen molar-refractivity contribution in [2.24, 2.45) is 0 Å². The molecule has 0 aliphatic carbocycles. The maximum Gasteiger partial charge on any atom is 0.206 e. The van der Waals surface area contributed by atoms with Crippen molar-refractivity contribution in [3.05, 3.63) is 58.8 Å². The second kappa shape index (κ2) is 4.89. The summed E-state index contributed by atoms with van der Waals surface area (Å²) in [6.07, 6.45) is 1.37. The van der Waals surface area contributed by atoms with Crippen LogP contribution in [0.4, 0.5) is 4.39 Å². The summed E-state index contributed by atoms with van der Waals surface area (Å²) >= 11 is 0. The summed E-state index contributed by atoms with van der Waals surface area (Å²) in [7, 11) is -3.67. The zero-order valence-corrected chi connectivity index (χ0v) is 11.6. The number of sulfone groups is 1. The van der Waals surface area contributed by atoms with Gasteiger partial charge in [0.05, 0.1) is 9.80 Å². The first-order valence-electron chi connectivity index (χ1n) is 6.14. The van der Waals surface area contributed by atoms with Gasteiger partial charge in [0, 0.05) is 11.6 Å². The third-order valence-corrected chi connectivity index (χ3v) is 5.02. The Balaban J connectivity index is 1.88. The van der Waals surface area contributed by atoms with Crippen LogP contribution in [0.1, 0.15) is 5.56 Å². The van der Waals surface area contributed by atoms with Crippen LogP contribution in [0.25, 0.3) is 6.08 Å². The normalized spacial score (nSPS) is 15.4. The molecule has 1 N–H and O–H groups in total. The summed E-state index contributed by atoms with van der Waals surface area (Å²) in [4.78, 5) is 0.0867. The quantitative estimate of drug-likeness (QED) is 0.947. The first kappa shape index (κ1) is 13.6. The summed E-state index contributed by atoms with van der Waals surface area (Å²) in [5.41, 5.74) is 0.260. The molecule has 1 aliphatic rings. The van der Waals surface area contributed by atoms with Crippen molar-refractivity contribution >= 4 is 15.9 Å². The van der Waals surface area contributed by atoms with Gasteiger partial charge in [-0.3, -0.25) is 0 Å². The molecule has 4 nitrogen and oxygen atoms in total. The predicted octanol–water partition coefficient (Wildman–Crippen LogP) is 2.74. The second-order valence-electron chi connectivity index (χ2n) is 4.55. The summed E-state index contributed by atoms with van der Waals surface area (Å²) < 4.78 is 42.9. The molecule has 0 amide bonds. The largest absolute Gasteiger partial charge is 0.507 e. The van der Waals surface area contributed by atoms with E-state index in [9.17, 15) is 17.9 Å². The van der Waals surface area contributed by atoms with Crippen LogP contribution < -0.4 is 4.74 Å². The van der Waals surface area contributed by atoms with Crippen molar-refractivity contribution in [2.75, 3.05) is 6.61 Å². The molecule has 0 bridgehead atoms. The third kappa shape index (κ3) is 2.38. The minimum Gasteiger partial charge on any atom is -0.507 e. The highest BCUT2D eigenvalue weighted by Crippen LogP contribution is 2.37. The van der Waals surface area contributed by atoms with E-state index in [-0.39, 0.29) is 33.5 Å². The Bertz CT molecular complexity index is 841. The van der Waals surface area contributed by atoms with E-state index < -0.39 is 15.7 Å². The van der Waals surface area contributed by atoms with Crippen LogP contribution in [-0.4, -0.2) is 20.1 Å². The highest BCUT2D eigenvalue weighted by atomic mass is 32.2. The Hall–Kier alpha value is -2.34. The summed E-state index contributed by atoms with van der Waals surface area (Å²) in [5.74, 6) is -0.320. The van der Waals surface area contributed by atoms with Crippen molar-refractivity contribution in [1.82, 2.24) is 0 Å². The van der Waals surface area contributed by atoms with Gasteiger partial charge in [-0.25, -0.2) is 12.8 Å². The Morgan fingerprint density at radius 1 is 1.14 bits per heavy atom. The molecule has 108 valence electrons. The number of phenolic OH excluding ortho intramolecular Hbond substituents is 1. The van der Waals surface area contributed by atoms with E-state index in [0.717, 1.165) is 0 Å². The van der Waals surface area contributed by atoms with Gasteiger partial charge < -0.3 is 9.84 Å². The van der Waals surface area contributed by atoms with E-state index in [1.165, 1.54) is 48.5 Å². The van der Waals surface area contributed by atoms with Gasteiger partial charge in [-0.15, -0.1) is 0 Å². The van der Waals surface area contributed by atoms with E-state index in [1.807, 2.05) is 0 Å². The van der Waals surface area contributed by atoms with Crippen LogP contribution in [0.3, 0.4) is 0 Å². The molecular formula is C15H11FO4S. The number of phenols is 1. The number of fused-ring (bicyclic) bond motifs is 1. The van der Waals surface area contributed by atoms with E-state index in [1.54, 1.807) is 0 Å². The maximum absolute atomic E-state index is 13.0. The molecule has 0 atom stereocenters. The van der Waals surface area contributed by atoms with Gasteiger partial charge in [0.25, 0.3) is 0 Å². The van der Waals surface area contributed by atoms with Crippen LogP contribution in [0.5, 0.6) is 11.5 Å². The van der Waals surface area contributed by atoms with E-state index in [0.29, 0.717) is 0 Å². The molecule has 0 radical (unpaired) electrons. The Kier molecular flexibility index (Phi) is 3.17. The second-order valence-corrected chi connectivity index (χ2v) is 6.52. The fourth-order valence-electron chi connectivity index (χ4n) is 2.12. The Morgan fingerprint density at radius 3 is 2.62 bits per heavy atom. The average Bonchev–Trinajstić information content (AvgIpc) is 2.70. The smallest absolute Gasteiger partial charge is 0.206 e. The highest BCUT2D eigenvalue weighted by Gasteiger charge is 2.31. The van der Waals surface area contributed by atoms with Crippen LogP contribution in [0.15, 0.2) is 52.3 Å². The lowest BCUT2D eigenvalue weighted by Gasteiger charge is -2.07. The van der Waals surface area contributed by atoms with Gasteiger partial charge in [0.1, 0.15) is 23.9 Å². The van der Waals surface area contributed by atoms with Crippen LogP contribution in [-0.2, 0) is 9.84 Å². The number of aromatic hydroxyl groups is 1. The SMILES string of the molecule is O=S1(=O)C(COc2cccc(F)c2)=Cc2c(O)cccc21. The van der Waals surface area contributed by atoms with Gasteiger partial charge in [-0.1, -0.05) is 12.1 Å². The molecule has 0 unspecified atom stereocenters. The molecule has 0 aromatic heterocycles. The molecule has 6 heteroatoms. The minimum atomic E-state index is -3.67. The summed E-state index contributed by atoms with van der Waals surface area (Å²) in [6.45, 7) is -0.222. The van der Waals surface area contributed by atoms with Crippen LogP contribution in [0, 0.1) is 5.82 Å². The van der Waals surface area contributed by atoms with Gasteiger partial charge in [0.2, 0.25) is 9.84 Å². The molecule has 2 aromatic rings. The zero-order valence-electron chi connectivity index (χ0n) is 10.8. The van der Waals surface area contributed by atoms with Crippen molar-refractivity contribution in [2.45, 2.75) is 4.90 Å². The van der Waals surface area contributed by atoms with E-state index in [2.05, 4.69) is 0 Å². The predicted molar refractivity (Wildman–Crippen MR) is 75.2 cm³/mol. The van der Waals surface area contributed by atoms with Gasteiger partial charge in [0.15, 0.2) is 0 Å². The van der Waals surface area contributed by atoms with Gasteiger partial charge >= 0.3 is 0 Å². The monoisotopic (exact) mass is 306 g/mol. The lowest BCUT2D eigenvalue weighted by Crippen LogP contribution is -2.09. The molecule has 0 fully saturated rings. The average molecular weight is 306 g/mol. The van der Waals surface area contributed by atoms with E-state index in [4.69, 9.17) is 4.74 Å². The zero-order chi connectivity index (χ0) is 15.0.